The van der Waals surface area contributed by atoms with Crippen LogP contribution in [0.15, 0.2) is 0 Å². The van der Waals surface area contributed by atoms with Crippen molar-refractivity contribution in [3.8, 4) is 0 Å². The second-order valence-electron chi connectivity index (χ2n) is 4.19. The zero-order valence-corrected chi connectivity index (χ0v) is 6.76. The summed E-state index contributed by atoms with van der Waals surface area (Å²) in [5.74, 6) is -0.479. The molecule has 3 fully saturated rings. The van der Waals surface area contributed by atoms with Crippen LogP contribution in [0.2, 0.25) is 0 Å². The van der Waals surface area contributed by atoms with Gasteiger partial charge in [-0.15, -0.1) is 0 Å². The Hall–Kier alpha value is -0.860. The van der Waals surface area contributed by atoms with Gasteiger partial charge in [0.05, 0.1) is 10.8 Å². The van der Waals surface area contributed by atoms with Crippen molar-refractivity contribution in [1.82, 2.24) is 0 Å². The maximum atomic E-state index is 11.4. The van der Waals surface area contributed by atoms with E-state index in [0.717, 1.165) is 32.1 Å². The van der Waals surface area contributed by atoms with Crippen molar-refractivity contribution in [2.45, 2.75) is 32.1 Å². The fourth-order valence-corrected chi connectivity index (χ4v) is 3.23. The molecule has 3 nitrogen and oxygen atoms in total. The molecule has 1 heterocycles. The third kappa shape index (κ3) is 0.395. The highest BCUT2D eigenvalue weighted by Crippen LogP contribution is 2.70. The maximum absolute atomic E-state index is 11.4. The van der Waals surface area contributed by atoms with Crippen LogP contribution < -0.4 is 0 Å². The lowest BCUT2D eigenvalue weighted by Crippen LogP contribution is -2.49. The van der Waals surface area contributed by atoms with E-state index in [0.29, 0.717) is 0 Å². The van der Waals surface area contributed by atoms with E-state index < -0.39 is 0 Å². The number of ether oxygens (including phenoxy) is 1. The van der Waals surface area contributed by atoms with Gasteiger partial charge in [0.15, 0.2) is 0 Å². The summed E-state index contributed by atoms with van der Waals surface area (Å²) in [6.45, 7) is 0. The van der Waals surface area contributed by atoms with Crippen LogP contribution in [0.4, 0.5) is 0 Å². The molecule has 0 N–H and O–H groups in total. The molecule has 0 radical (unpaired) electrons. The van der Waals surface area contributed by atoms with E-state index >= 15 is 0 Å². The Bertz CT molecular complexity index is 268. The van der Waals surface area contributed by atoms with Crippen LogP contribution in [0.5, 0.6) is 0 Å². The summed E-state index contributed by atoms with van der Waals surface area (Å²) >= 11 is 0. The second-order valence-corrected chi connectivity index (χ2v) is 4.19. The van der Waals surface area contributed by atoms with Crippen molar-refractivity contribution < 1.29 is 14.3 Å². The van der Waals surface area contributed by atoms with E-state index in [2.05, 4.69) is 0 Å². The van der Waals surface area contributed by atoms with Crippen molar-refractivity contribution in [2.75, 3.05) is 0 Å². The Labute approximate surface area is 70.1 Å². The molecule has 2 saturated carbocycles. The van der Waals surface area contributed by atoms with Crippen molar-refractivity contribution in [3.63, 3.8) is 0 Å². The fourth-order valence-electron chi connectivity index (χ4n) is 3.23. The molecule has 64 valence electrons. The Balaban J connectivity index is 2.18. The molecule has 2 unspecified atom stereocenters. The number of hydrogen-bond donors (Lipinski definition) is 0. The predicted molar refractivity (Wildman–Crippen MR) is 39.1 cm³/mol. The number of esters is 2. The van der Waals surface area contributed by atoms with E-state index in [-0.39, 0.29) is 22.8 Å². The van der Waals surface area contributed by atoms with Gasteiger partial charge in [0.2, 0.25) is 0 Å². The Kier molecular flexibility index (Phi) is 0.875. The summed E-state index contributed by atoms with van der Waals surface area (Å²) in [4.78, 5) is 22.8. The lowest BCUT2D eigenvalue weighted by Gasteiger charge is -2.44. The third-order valence-corrected chi connectivity index (χ3v) is 4.07. The molecular weight excluding hydrogens is 156 g/mol. The van der Waals surface area contributed by atoms with Gasteiger partial charge in [0.1, 0.15) is 0 Å². The quantitative estimate of drug-likeness (QED) is 0.398. The first-order valence-electron chi connectivity index (χ1n) is 4.48. The Morgan fingerprint density at radius 2 is 1.42 bits per heavy atom. The lowest BCUT2D eigenvalue weighted by atomic mass is 9.52. The van der Waals surface area contributed by atoms with Gasteiger partial charge in [0.25, 0.3) is 0 Å². The molecule has 2 atom stereocenters. The zero-order valence-electron chi connectivity index (χ0n) is 6.76. The Morgan fingerprint density at radius 3 is 1.83 bits per heavy atom. The van der Waals surface area contributed by atoms with Crippen molar-refractivity contribution in [2.24, 2.45) is 10.8 Å². The first-order valence-corrected chi connectivity index (χ1v) is 4.48. The van der Waals surface area contributed by atoms with Crippen LogP contribution in [-0.2, 0) is 14.3 Å². The highest BCUT2D eigenvalue weighted by molar-refractivity contribution is 6.03. The molecule has 0 bridgehead atoms. The summed E-state index contributed by atoms with van der Waals surface area (Å²) in [6, 6.07) is 0. The van der Waals surface area contributed by atoms with Crippen LogP contribution in [0.3, 0.4) is 0 Å². The largest absolute Gasteiger partial charge is 0.392 e. The molecule has 2 aliphatic carbocycles. The highest BCUT2D eigenvalue weighted by Gasteiger charge is 2.75. The predicted octanol–water partition coefficient (Wildman–Crippen LogP) is 1.02. The summed E-state index contributed by atoms with van der Waals surface area (Å²) < 4.78 is 4.72. The normalized spacial score (nSPS) is 49.7. The van der Waals surface area contributed by atoms with Crippen molar-refractivity contribution >= 4 is 11.9 Å². The van der Waals surface area contributed by atoms with Crippen molar-refractivity contribution in [3.05, 3.63) is 0 Å². The number of hydrogen-bond acceptors (Lipinski definition) is 3. The monoisotopic (exact) mass is 166 g/mol. The average Bonchev–Trinajstić information content (AvgIpc) is 2.29. The Morgan fingerprint density at radius 1 is 0.917 bits per heavy atom. The fraction of sp³-hybridized carbons (Fsp3) is 0.778. The van der Waals surface area contributed by atoms with Gasteiger partial charge in [-0.05, 0) is 25.7 Å². The van der Waals surface area contributed by atoms with Gasteiger partial charge < -0.3 is 4.74 Å². The molecule has 1 aliphatic heterocycles. The van der Waals surface area contributed by atoms with Gasteiger partial charge in [-0.1, -0.05) is 6.42 Å². The number of carbonyl (C=O) groups is 2. The molecule has 0 aromatic rings. The number of carbonyl (C=O) groups excluding carboxylic acids is 2. The van der Waals surface area contributed by atoms with Crippen LogP contribution >= 0.6 is 0 Å². The minimum atomic E-state index is -0.357. The SMILES string of the molecule is O=C1OC(=O)C23CCCC12CC3. The third-order valence-electron chi connectivity index (χ3n) is 4.07. The van der Waals surface area contributed by atoms with Crippen molar-refractivity contribution in [1.29, 1.82) is 0 Å². The first kappa shape index (κ1) is 6.63. The van der Waals surface area contributed by atoms with E-state index in [1.807, 2.05) is 0 Å². The topological polar surface area (TPSA) is 43.4 Å². The van der Waals surface area contributed by atoms with Gasteiger partial charge in [-0.2, -0.15) is 0 Å². The minimum absolute atomic E-state index is 0.240. The molecule has 1 saturated heterocycles. The molecule has 3 rings (SSSR count). The van der Waals surface area contributed by atoms with Crippen LogP contribution in [-0.4, -0.2) is 11.9 Å². The first-order chi connectivity index (χ1) is 5.71. The zero-order chi connectivity index (χ0) is 8.40. The maximum Gasteiger partial charge on any atom is 0.320 e. The average molecular weight is 166 g/mol. The van der Waals surface area contributed by atoms with Gasteiger partial charge in [-0.25, -0.2) is 0 Å². The molecule has 0 aromatic heterocycles. The van der Waals surface area contributed by atoms with E-state index in [4.69, 9.17) is 4.74 Å². The highest BCUT2D eigenvalue weighted by atomic mass is 16.6. The van der Waals surface area contributed by atoms with Crippen LogP contribution in [0.1, 0.15) is 32.1 Å². The standard InChI is InChI=1S/C9H10O3/c10-6-8-2-1-3-9(8,5-4-8)7(11)12-6/h1-5H2. The van der Waals surface area contributed by atoms with Crippen LogP contribution in [0, 0.1) is 10.8 Å². The molecule has 3 heteroatoms. The summed E-state index contributed by atoms with van der Waals surface area (Å²) in [6.07, 6.45) is 4.51. The number of rotatable bonds is 0. The molecule has 0 amide bonds. The summed E-state index contributed by atoms with van der Waals surface area (Å²) in [7, 11) is 0. The summed E-state index contributed by atoms with van der Waals surface area (Å²) in [5.41, 5.74) is -0.714. The van der Waals surface area contributed by atoms with E-state index in [1.165, 1.54) is 0 Å². The molecule has 3 aliphatic rings. The molecule has 12 heavy (non-hydrogen) atoms. The van der Waals surface area contributed by atoms with E-state index in [9.17, 15) is 9.59 Å². The lowest BCUT2D eigenvalue weighted by molar-refractivity contribution is -0.155. The summed E-state index contributed by atoms with van der Waals surface area (Å²) in [5, 5.41) is 0. The molecular formula is C9H10O3. The van der Waals surface area contributed by atoms with Crippen LogP contribution in [0.25, 0.3) is 0 Å². The van der Waals surface area contributed by atoms with Gasteiger partial charge in [0, 0.05) is 0 Å². The minimum Gasteiger partial charge on any atom is -0.392 e. The van der Waals surface area contributed by atoms with E-state index in [1.54, 1.807) is 0 Å². The van der Waals surface area contributed by atoms with Gasteiger partial charge in [-0.3, -0.25) is 9.59 Å². The number of cyclic esters (lactones) is 2. The molecule has 0 aromatic carbocycles. The second kappa shape index (κ2) is 1.58. The van der Waals surface area contributed by atoms with Gasteiger partial charge >= 0.3 is 11.9 Å². The molecule has 0 spiro atoms. The smallest absolute Gasteiger partial charge is 0.320 e.